The summed E-state index contributed by atoms with van der Waals surface area (Å²) in [5.41, 5.74) is 2.54. The number of para-hydroxylation sites is 1. The number of ketones is 1. The highest BCUT2D eigenvalue weighted by Crippen LogP contribution is 2.32. The van der Waals surface area contributed by atoms with Gasteiger partial charge < -0.3 is 14.4 Å². The number of hydrogen-bond donors (Lipinski definition) is 0. The molecule has 3 rings (SSSR count). The smallest absolute Gasteiger partial charge is 0.344 e. The van der Waals surface area contributed by atoms with Crippen LogP contribution >= 0.6 is 0 Å². The quantitative estimate of drug-likeness (QED) is 0.568. The maximum Gasteiger partial charge on any atom is 0.344 e. The van der Waals surface area contributed by atoms with Gasteiger partial charge in [-0.15, -0.1) is 0 Å². The van der Waals surface area contributed by atoms with Gasteiger partial charge >= 0.3 is 5.97 Å². The topological polar surface area (TPSA) is 72.9 Å². The highest BCUT2D eigenvalue weighted by atomic mass is 16.6. The lowest BCUT2D eigenvalue weighted by molar-refractivity contribution is -0.155. The number of hydrogen-bond acceptors (Lipinski definition) is 5. The lowest BCUT2D eigenvalue weighted by Crippen LogP contribution is -2.43. The molecule has 2 aromatic carbocycles. The van der Waals surface area contributed by atoms with Crippen molar-refractivity contribution in [3.63, 3.8) is 0 Å². The highest BCUT2D eigenvalue weighted by Gasteiger charge is 2.34. The van der Waals surface area contributed by atoms with Gasteiger partial charge in [0.1, 0.15) is 5.75 Å². The van der Waals surface area contributed by atoms with Crippen LogP contribution in [0.4, 0.5) is 5.69 Å². The molecule has 0 radical (unpaired) electrons. The van der Waals surface area contributed by atoms with Gasteiger partial charge in [0, 0.05) is 17.3 Å². The Morgan fingerprint density at radius 2 is 1.79 bits per heavy atom. The molecule has 6 nitrogen and oxygen atoms in total. The van der Waals surface area contributed by atoms with Gasteiger partial charge in [-0.05, 0) is 63.1 Å². The van der Waals surface area contributed by atoms with Crippen LogP contribution in [0.2, 0.25) is 0 Å². The van der Waals surface area contributed by atoms with Gasteiger partial charge in [0.25, 0.3) is 5.91 Å². The first-order valence-corrected chi connectivity index (χ1v) is 9.21. The van der Waals surface area contributed by atoms with E-state index in [9.17, 15) is 14.4 Å². The molecule has 1 amide bonds. The summed E-state index contributed by atoms with van der Waals surface area (Å²) in [6.45, 7) is 4.70. The minimum atomic E-state index is -0.912. The Morgan fingerprint density at radius 3 is 2.46 bits per heavy atom. The SMILES string of the molecule is CC(=O)c1ccc(OCC(=O)O[C@@H](C)C(=O)N2c3ccccc3C[C@H]2C)cc1. The van der Waals surface area contributed by atoms with Gasteiger partial charge in [0.2, 0.25) is 0 Å². The predicted octanol–water partition coefficient (Wildman–Crippen LogP) is 3.18. The van der Waals surface area contributed by atoms with E-state index in [1.165, 1.54) is 6.92 Å². The van der Waals surface area contributed by atoms with Gasteiger partial charge in [-0.1, -0.05) is 18.2 Å². The van der Waals surface area contributed by atoms with Crippen LogP contribution in [-0.2, 0) is 20.7 Å². The lowest BCUT2D eigenvalue weighted by atomic mass is 10.1. The molecular formula is C22H23NO5. The number of amides is 1. The van der Waals surface area contributed by atoms with Crippen LogP contribution in [0.25, 0.3) is 0 Å². The number of carbonyl (C=O) groups is 3. The zero-order valence-electron chi connectivity index (χ0n) is 16.2. The van der Waals surface area contributed by atoms with Crippen LogP contribution in [0.5, 0.6) is 5.75 Å². The fourth-order valence-corrected chi connectivity index (χ4v) is 3.31. The Balaban J connectivity index is 1.55. The van der Waals surface area contributed by atoms with Crippen LogP contribution in [-0.4, -0.2) is 36.4 Å². The second-order valence-electron chi connectivity index (χ2n) is 6.89. The van der Waals surface area contributed by atoms with E-state index in [1.807, 2.05) is 31.2 Å². The van der Waals surface area contributed by atoms with Crippen molar-refractivity contribution in [1.29, 1.82) is 0 Å². The molecule has 0 bridgehead atoms. The lowest BCUT2D eigenvalue weighted by Gasteiger charge is -2.25. The Hall–Kier alpha value is -3.15. The summed E-state index contributed by atoms with van der Waals surface area (Å²) in [6.07, 6.45) is -0.133. The van der Waals surface area contributed by atoms with E-state index < -0.39 is 12.1 Å². The maximum atomic E-state index is 12.8. The molecule has 0 saturated heterocycles. The van der Waals surface area contributed by atoms with Crippen LogP contribution < -0.4 is 9.64 Å². The predicted molar refractivity (Wildman–Crippen MR) is 105 cm³/mol. The van der Waals surface area contributed by atoms with E-state index in [2.05, 4.69) is 0 Å². The fraction of sp³-hybridized carbons (Fsp3) is 0.318. The first-order chi connectivity index (χ1) is 13.4. The van der Waals surface area contributed by atoms with Crippen molar-refractivity contribution < 1.29 is 23.9 Å². The Morgan fingerprint density at radius 1 is 1.11 bits per heavy atom. The first-order valence-electron chi connectivity index (χ1n) is 9.21. The maximum absolute atomic E-state index is 12.8. The summed E-state index contributed by atoms with van der Waals surface area (Å²) in [6, 6.07) is 14.2. The zero-order chi connectivity index (χ0) is 20.3. The third-order valence-electron chi connectivity index (χ3n) is 4.72. The van der Waals surface area contributed by atoms with Gasteiger partial charge in [-0.25, -0.2) is 4.79 Å². The van der Waals surface area contributed by atoms with Crippen LogP contribution in [0.15, 0.2) is 48.5 Å². The molecule has 0 aromatic heterocycles. The second kappa shape index (κ2) is 8.25. The van der Waals surface area contributed by atoms with Gasteiger partial charge in [0.05, 0.1) is 0 Å². The normalized spacial score (nSPS) is 16.2. The second-order valence-corrected chi connectivity index (χ2v) is 6.89. The van der Waals surface area contributed by atoms with Crippen LogP contribution in [0.3, 0.4) is 0 Å². The number of ether oxygens (including phenoxy) is 2. The molecule has 1 aliphatic heterocycles. The number of rotatable bonds is 6. The number of carbonyl (C=O) groups excluding carboxylic acids is 3. The average Bonchev–Trinajstić information content (AvgIpc) is 3.01. The minimum absolute atomic E-state index is 0.0158. The zero-order valence-corrected chi connectivity index (χ0v) is 16.2. The van der Waals surface area contributed by atoms with Crippen molar-refractivity contribution >= 4 is 23.3 Å². The summed E-state index contributed by atoms with van der Waals surface area (Å²) in [7, 11) is 0. The number of anilines is 1. The van der Waals surface area contributed by atoms with E-state index >= 15 is 0 Å². The van der Waals surface area contributed by atoms with Crippen molar-refractivity contribution in [3.05, 3.63) is 59.7 Å². The number of esters is 1. The third kappa shape index (κ3) is 4.22. The summed E-state index contributed by atoms with van der Waals surface area (Å²) in [5, 5.41) is 0. The molecule has 1 heterocycles. The average molecular weight is 381 g/mol. The molecule has 0 saturated carbocycles. The van der Waals surface area contributed by atoms with E-state index in [1.54, 1.807) is 36.1 Å². The Bertz CT molecular complexity index is 890. The number of benzene rings is 2. The van der Waals surface area contributed by atoms with Crippen molar-refractivity contribution in [2.75, 3.05) is 11.5 Å². The molecule has 28 heavy (non-hydrogen) atoms. The Labute approximate surface area is 164 Å². The van der Waals surface area contributed by atoms with E-state index in [4.69, 9.17) is 9.47 Å². The van der Waals surface area contributed by atoms with E-state index in [0.717, 1.165) is 17.7 Å². The Kier molecular flexibility index (Phi) is 5.78. The number of Topliss-reactive ketones (excluding diaryl/α,β-unsaturated/α-hetero) is 1. The molecule has 0 spiro atoms. The highest BCUT2D eigenvalue weighted by molar-refractivity contribution is 5.99. The monoisotopic (exact) mass is 381 g/mol. The standard InChI is InChI=1S/C22H23NO5/c1-14-12-18-6-4-5-7-20(18)23(14)22(26)16(3)28-21(25)13-27-19-10-8-17(9-11-19)15(2)24/h4-11,14,16H,12-13H2,1-3H3/t14-,16+/m1/s1. The largest absolute Gasteiger partial charge is 0.482 e. The van der Waals surface area contributed by atoms with Crippen molar-refractivity contribution in [2.24, 2.45) is 0 Å². The molecule has 0 fully saturated rings. The van der Waals surface area contributed by atoms with Gasteiger partial charge in [-0.3, -0.25) is 9.59 Å². The molecule has 6 heteroatoms. The number of fused-ring (bicyclic) bond motifs is 1. The number of nitrogens with zero attached hydrogens (tertiary/aromatic N) is 1. The minimum Gasteiger partial charge on any atom is -0.482 e. The molecule has 0 N–H and O–H groups in total. The van der Waals surface area contributed by atoms with Crippen molar-refractivity contribution in [1.82, 2.24) is 0 Å². The molecular weight excluding hydrogens is 358 g/mol. The van der Waals surface area contributed by atoms with Gasteiger partial charge in [0.15, 0.2) is 18.5 Å². The fourth-order valence-electron chi connectivity index (χ4n) is 3.31. The molecule has 2 atom stereocenters. The molecule has 146 valence electrons. The summed E-state index contributed by atoms with van der Waals surface area (Å²) in [4.78, 5) is 37.8. The van der Waals surface area contributed by atoms with Crippen molar-refractivity contribution in [3.8, 4) is 5.75 Å². The molecule has 0 aliphatic carbocycles. The van der Waals surface area contributed by atoms with Crippen LogP contribution in [0, 0.1) is 0 Å². The van der Waals surface area contributed by atoms with Gasteiger partial charge in [-0.2, -0.15) is 0 Å². The third-order valence-corrected chi connectivity index (χ3v) is 4.72. The molecule has 1 aliphatic rings. The summed E-state index contributed by atoms with van der Waals surface area (Å²) in [5.74, 6) is -0.479. The summed E-state index contributed by atoms with van der Waals surface area (Å²) >= 11 is 0. The first kappa shape index (κ1) is 19.6. The summed E-state index contributed by atoms with van der Waals surface area (Å²) < 4.78 is 10.6. The van der Waals surface area contributed by atoms with Crippen LogP contribution in [0.1, 0.15) is 36.7 Å². The molecule has 0 unspecified atom stereocenters. The molecule has 2 aromatic rings. The van der Waals surface area contributed by atoms with Crippen molar-refractivity contribution in [2.45, 2.75) is 39.3 Å². The van der Waals surface area contributed by atoms with E-state index in [-0.39, 0.29) is 24.3 Å². The van der Waals surface area contributed by atoms with E-state index in [0.29, 0.717) is 11.3 Å².